The minimum Gasteiger partial charge on any atom is -0.354 e. The maximum absolute atomic E-state index is 12.8. The molecular formula is C22H27N9O2. The molecule has 1 fully saturated rings. The molecule has 3 aromatic heterocycles. The molecule has 1 atom stereocenters. The highest BCUT2D eigenvalue weighted by atomic mass is 16.2. The van der Waals surface area contributed by atoms with Gasteiger partial charge in [0.25, 0.3) is 5.56 Å². The number of amides is 1. The Morgan fingerprint density at radius 2 is 1.97 bits per heavy atom. The first-order chi connectivity index (χ1) is 16.2. The number of fused-ring (bicyclic) bond motifs is 1. The van der Waals surface area contributed by atoms with Crippen molar-refractivity contribution in [2.45, 2.75) is 45.1 Å². The molecule has 0 saturated carbocycles. The van der Waals surface area contributed by atoms with E-state index in [1.807, 2.05) is 12.1 Å². The Labute approximate surface area is 190 Å². The van der Waals surface area contributed by atoms with Gasteiger partial charge in [-0.15, -0.1) is 10.2 Å². The van der Waals surface area contributed by atoms with Gasteiger partial charge >= 0.3 is 0 Å². The van der Waals surface area contributed by atoms with E-state index < -0.39 is 0 Å². The van der Waals surface area contributed by atoms with E-state index in [2.05, 4.69) is 35.6 Å². The highest BCUT2D eigenvalue weighted by Gasteiger charge is 2.26. The van der Waals surface area contributed by atoms with Crippen LogP contribution < -0.4 is 15.8 Å². The van der Waals surface area contributed by atoms with E-state index in [1.54, 1.807) is 17.1 Å². The average molecular weight is 450 g/mol. The van der Waals surface area contributed by atoms with Crippen molar-refractivity contribution in [1.29, 1.82) is 0 Å². The van der Waals surface area contributed by atoms with Crippen LogP contribution in [0.1, 0.15) is 36.9 Å². The zero-order valence-corrected chi connectivity index (χ0v) is 18.4. The lowest BCUT2D eigenvalue weighted by Gasteiger charge is -2.32. The number of hydrogen-bond donors (Lipinski definition) is 1. The first-order valence-electron chi connectivity index (χ1n) is 11.5. The smallest absolute Gasteiger partial charge is 0.267 e. The number of aromatic nitrogens is 7. The van der Waals surface area contributed by atoms with E-state index in [9.17, 15) is 9.59 Å². The monoisotopic (exact) mass is 449 g/mol. The zero-order valence-electron chi connectivity index (χ0n) is 18.4. The van der Waals surface area contributed by atoms with Gasteiger partial charge in [-0.3, -0.25) is 9.59 Å². The summed E-state index contributed by atoms with van der Waals surface area (Å²) >= 11 is 0. The summed E-state index contributed by atoms with van der Waals surface area (Å²) in [6, 6.07) is 5.43. The number of anilines is 1. The number of nitrogens with one attached hydrogen (secondary N) is 1. The molecule has 1 N–H and O–H groups in total. The van der Waals surface area contributed by atoms with Crippen LogP contribution >= 0.6 is 0 Å². The van der Waals surface area contributed by atoms with Gasteiger partial charge in [0.15, 0.2) is 11.6 Å². The van der Waals surface area contributed by atoms with Crippen molar-refractivity contribution in [2.24, 2.45) is 5.92 Å². The average Bonchev–Trinajstić information content (AvgIpc) is 3.39. The number of carbonyl (C=O) groups excluding carboxylic acids is 1. The predicted octanol–water partition coefficient (Wildman–Crippen LogP) is 0.526. The Morgan fingerprint density at radius 3 is 2.79 bits per heavy atom. The fraction of sp³-hybridized carbons (Fsp3) is 0.500. The molecule has 1 unspecified atom stereocenters. The first kappa shape index (κ1) is 21.2. The van der Waals surface area contributed by atoms with Gasteiger partial charge in [-0.05, 0) is 56.2 Å². The molecule has 2 aliphatic rings. The molecule has 1 amide bonds. The summed E-state index contributed by atoms with van der Waals surface area (Å²) in [5.41, 5.74) is 2.00. The predicted molar refractivity (Wildman–Crippen MR) is 120 cm³/mol. The summed E-state index contributed by atoms with van der Waals surface area (Å²) < 4.78 is 3.02. The summed E-state index contributed by atoms with van der Waals surface area (Å²) in [5, 5.41) is 20.1. The SMILES string of the molecule is O=C(NCCn1nc2c(cc1=O)CCCC2)C1CCCN(c2ccc(-n3cncn3)nn2)C1. The second kappa shape index (κ2) is 9.47. The van der Waals surface area contributed by atoms with Gasteiger partial charge in [0, 0.05) is 25.7 Å². The summed E-state index contributed by atoms with van der Waals surface area (Å²) in [5.74, 6) is 1.19. The van der Waals surface area contributed by atoms with Crippen LogP contribution in [-0.2, 0) is 24.2 Å². The van der Waals surface area contributed by atoms with Crippen molar-refractivity contribution in [3.63, 3.8) is 0 Å². The van der Waals surface area contributed by atoms with Gasteiger partial charge in [-0.25, -0.2) is 14.3 Å². The van der Waals surface area contributed by atoms with E-state index in [0.717, 1.165) is 62.1 Å². The normalized spacial score (nSPS) is 18.1. The number of piperidine rings is 1. The number of aryl methyl sites for hydroxylation is 2. The van der Waals surface area contributed by atoms with E-state index in [1.165, 1.54) is 11.0 Å². The zero-order chi connectivity index (χ0) is 22.6. The largest absolute Gasteiger partial charge is 0.354 e. The molecule has 4 heterocycles. The van der Waals surface area contributed by atoms with Crippen molar-refractivity contribution in [2.75, 3.05) is 24.5 Å². The van der Waals surface area contributed by atoms with Crippen LogP contribution in [0.4, 0.5) is 5.82 Å². The molecule has 1 aliphatic heterocycles. The van der Waals surface area contributed by atoms with Crippen LogP contribution in [0.3, 0.4) is 0 Å². The van der Waals surface area contributed by atoms with Gasteiger partial charge < -0.3 is 10.2 Å². The topological polar surface area (TPSA) is 124 Å². The summed E-state index contributed by atoms with van der Waals surface area (Å²) in [4.78, 5) is 31.1. The fourth-order valence-corrected chi connectivity index (χ4v) is 4.53. The molecule has 0 radical (unpaired) electrons. The Hall–Kier alpha value is -3.63. The lowest BCUT2D eigenvalue weighted by atomic mass is 9.97. The summed E-state index contributed by atoms with van der Waals surface area (Å²) in [7, 11) is 0. The molecule has 0 aromatic carbocycles. The molecule has 1 saturated heterocycles. The minimum absolute atomic E-state index is 0.00194. The molecule has 172 valence electrons. The second-order valence-corrected chi connectivity index (χ2v) is 8.55. The standard InChI is InChI=1S/C22H27N9O2/c32-21-12-16-4-1-2-6-18(16)28-30(21)11-9-24-22(33)17-5-3-10-29(13-17)19-7-8-20(27-26-19)31-15-23-14-25-31/h7-8,12,14-15,17H,1-6,9-11,13H2,(H,24,33). The number of rotatable bonds is 6. The third-order valence-corrected chi connectivity index (χ3v) is 6.30. The molecule has 0 spiro atoms. The van der Waals surface area contributed by atoms with Crippen molar-refractivity contribution in [3.05, 3.63) is 52.5 Å². The number of carbonyl (C=O) groups is 1. The molecule has 3 aromatic rings. The second-order valence-electron chi connectivity index (χ2n) is 8.55. The van der Waals surface area contributed by atoms with Crippen LogP contribution in [0.5, 0.6) is 0 Å². The maximum Gasteiger partial charge on any atom is 0.267 e. The highest BCUT2D eigenvalue weighted by molar-refractivity contribution is 5.79. The van der Waals surface area contributed by atoms with Crippen LogP contribution in [0.25, 0.3) is 5.82 Å². The van der Waals surface area contributed by atoms with Crippen LogP contribution in [0, 0.1) is 5.92 Å². The van der Waals surface area contributed by atoms with Gasteiger partial charge in [-0.2, -0.15) is 10.2 Å². The summed E-state index contributed by atoms with van der Waals surface area (Å²) in [6.07, 6.45) is 8.81. The van der Waals surface area contributed by atoms with Gasteiger partial charge in [0.05, 0.1) is 18.2 Å². The van der Waals surface area contributed by atoms with Crippen molar-refractivity contribution >= 4 is 11.7 Å². The Kier molecular flexibility index (Phi) is 6.09. The van der Waals surface area contributed by atoms with Crippen molar-refractivity contribution in [3.8, 4) is 5.82 Å². The third-order valence-electron chi connectivity index (χ3n) is 6.30. The van der Waals surface area contributed by atoms with Crippen LogP contribution in [-0.4, -0.2) is 60.3 Å². The minimum atomic E-state index is -0.135. The van der Waals surface area contributed by atoms with Crippen molar-refractivity contribution < 1.29 is 4.79 Å². The molecule has 5 rings (SSSR count). The number of nitrogens with zero attached hydrogens (tertiary/aromatic N) is 8. The maximum atomic E-state index is 12.8. The van der Waals surface area contributed by atoms with E-state index in [-0.39, 0.29) is 17.4 Å². The van der Waals surface area contributed by atoms with Crippen LogP contribution in [0.15, 0.2) is 35.6 Å². The molecule has 1 aliphatic carbocycles. The fourth-order valence-electron chi connectivity index (χ4n) is 4.53. The molecule has 0 bridgehead atoms. The molecular weight excluding hydrogens is 422 g/mol. The molecule has 11 nitrogen and oxygen atoms in total. The third kappa shape index (κ3) is 4.76. The quantitative estimate of drug-likeness (QED) is 0.578. The summed E-state index contributed by atoms with van der Waals surface area (Å²) in [6.45, 7) is 2.17. The van der Waals surface area contributed by atoms with E-state index >= 15 is 0 Å². The van der Waals surface area contributed by atoms with Gasteiger partial charge in [0.2, 0.25) is 5.91 Å². The lowest BCUT2D eigenvalue weighted by Crippen LogP contribution is -2.44. The van der Waals surface area contributed by atoms with Crippen LogP contribution in [0.2, 0.25) is 0 Å². The van der Waals surface area contributed by atoms with Crippen molar-refractivity contribution in [1.82, 2.24) is 40.1 Å². The number of hydrogen-bond acceptors (Lipinski definition) is 8. The Balaban J connectivity index is 1.16. The Bertz CT molecular complexity index is 1160. The Morgan fingerprint density at radius 1 is 1.12 bits per heavy atom. The molecule has 33 heavy (non-hydrogen) atoms. The lowest BCUT2D eigenvalue weighted by molar-refractivity contribution is -0.125. The van der Waals surface area contributed by atoms with E-state index in [4.69, 9.17) is 0 Å². The molecule has 11 heteroatoms. The highest BCUT2D eigenvalue weighted by Crippen LogP contribution is 2.22. The van der Waals surface area contributed by atoms with Gasteiger partial charge in [0.1, 0.15) is 12.7 Å². The van der Waals surface area contributed by atoms with Gasteiger partial charge in [-0.1, -0.05) is 0 Å². The first-order valence-corrected chi connectivity index (χ1v) is 11.5. The van der Waals surface area contributed by atoms with E-state index in [0.29, 0.717) is 25.5 Å².